The number of carbonyl (C=O) groups excluding carboxylic acids is 1. The van der Waals surface area contributed by atoms with Crippen LogP contribution in [0.5, 0.6) is 11.5 Å². The van der Waals surface area contributed by atoms with E-state index >= 15 is 0 Å². The molecule has 0 saturated carbocycles. The number of ether oxygens (including phenoxy) is 2. The third-order valence-electron chi connectivity index (χ3n) is 3.56. The molecule has 144 valence electrons. The molecule has 3 N–H and O–H groups in total. The standard InChI is InChI=1S/C18H19F2N3O3S/c1-25-15-4-3-11(7-16(15)26-2)5-6-21-18(27)23-22-17(24)12-8-13(19)10-14(20)9-12/h3-4,7-10H,5-6H2,1-2H3,(H,22,24)(H2,21,23,27). The Kier molecular flexibility index (Phi) is 7.30. The van der Waals surface area contributed by atoms with Crippen molar-refractivity contribution in [3.63, 3.8) is 0 Å². The van der Waals surface area contributed by atoms with E-state index in [1.807, 2.05) is 18.2 Å². The van der Waals surface area contributed by atoms with Gasteiger partial charge in [-0.25, -0.2) is 8.78 Å². The van der Waals surface area contributed by atoms with Crippen molar-refractivity contribution in [2.45, 2.75) is 6.42 Å². The molecule has 2 aromatic rings. The van der Waals surface area contributed by atoms with Crippen LogP contribution in [-0.2, 0) is 6.42 Å². The molecule has 9 heteroatoms. The minimum absolute atomic E-state index is 0.159. The van der Waals surface area contributed by atoms with Gasteiger partial charge in [0.1, 0.15) is 11.6 Å². The fourth-order valence-electron chi connectivity index (χ4n) is 2.27. The van der Waals surface area contributed by atoms with Crippen molar-refractivity contribution in [1.29, 1.82) is 0 Å². The predicted molar refractivity (Wildman–Crippen MR) is 101 cm³/mol. The number of methoxy groups -OCH3 is 2. The topological polar surface area (TPSA) is 71.6 Å². The maximum Gasteiger partial charge on any atom is 0.269 e. The first-order valence-corrected chi connectivity index (χ1v) is 8.35. The van der Waals surface area contributed by atoms with Gasteiger partial charge in [-0.1, -0.05) is 6.07 Å². The summed E-state index contributed by atoms with van der Waals surface area (Å²) in [6, 6.07) is 8.10. The highest BCUT2D eigenvalue weighted by Gasteiger charge is 2.09. The summed E-state index contributed by atoms with van der Waals surface area (Å²) in [4.78, 5) is 11.9. The molecule has 2 rings (SSSR count). The third kappa shape index (κ3) is 6.07. The first-order chi connectivity index (χ1) is 12.9. The SMILES string of the molecule is COc1ccc(CCNC(=S)NNC(=O)c2cc(F)cc(F)c2)cc1OC. The van der Waals surface area contributed by atoms with Gasteiger partial charge in [-0.05, 0) is 48.5 Å². The predicted octanol–water partition coefficient (Wildman–Crippen LogP) is 2.33. The second-order valence-electron chi connectivity index (χ2n) is 5.43. The van der Waals surface area contributed by atoms with E-state index in [2.05, 4.69) is 16.2 Å². The lowest BCUT2D eigenvalue weighted by Crippen LogP contribution is -2.47. The molecule has 2 aromatic carbocycles. The van der Waals surface area contributed by atoms with Crippen molar-refractivity contribution in [3.8, 4) is 11.5 Å². The first kappa shape index (κ1) is 20.4. The van der Waals surface area contributed by atoms with E-state index < -0.39 is 17.5 Å². The first-order valence-electron chi connectivity index (χ1n) is 7.94. The molecule has 0 saturated heterocycles. The van der Waals surface area contributed by atoms with Crippen LogP contribution >= 0.6 is 12.2 Å². The molecule has 1 amide bonds. The van der Waals surface area contributed by atoms with E-state index in [4.69, 9.17) is 21.7 Å². The van der Waals surface area contributed by atoms with Crippen LogP contribution in [0.25, 0.3) is 0 Å². The molecule has 27 heavy (non-hydrogen) atoms. The molecule has 0 aliphatic rings. The number of carbonyl (C=O) groups is 1. The van der Waals surface area contributed by atoms with Crippen LogP contribution in [0.15, 0.2) is 36.4 Å². The van der Waals surface area contributed by atoms with Crippen molar-refractivity contribution >= 4 is 23.2 Å². The highest BCUT2D eigenvalue weighted by Crippen LogP contribution is 2.27. The van der Waals surface area contributed by atoms with Crippen LogP contribution in [0.4, 0.5) is 8.78 Å². The van der Waals surface area contributed by atoms with Crippen LogP contribution in [0.3, 0.4) is 0 Å². The van der Waals surface area contributed by atoms with Gasteiger partial charge in [-0.15, -0.1) is 0 Å². The van der Waals surface area contributed by atoms with Gasteiger partial charge in [-0.2, -0.15) is 0 Å². The van der Waals surface area contributed by atoms with E-state index in [9.17, 15) is 13.6 Å². The average Bonchev–Trinajstić information content (AvgIpc) is 2.65. The molecular weight excluding hydrogens is 376 g/mol. The van der Waals surface area contributed by atoms with Crippen molar-refractivity contribution < 1.29 is 23.0 Å². The van der Waals surface area contributed by atoms with Gasteiger partial charge in [0.2, 0.25) is 0 Å². The Balaban J connectivity index is 1.78. The normalized spacial score (nSPS) is 10.1. The van der Waals surface area contributed by atoms with Gasteiger partial charge >= 0.3 is 0 Å². The summed E-state index contributed by atoms with van der Waals surface area (Å²) in [7, 11) is 3.13. The Bertz CT molecular complexity index is 813. The molecule has 0 atom stereocenters. The Morgan fingerprint density at radius 3 is 2.30 bits per heavy atom. The Labute approximate surface area is 160 Å². The molecule has 6 nitrogen and oxygen atoms in total. The smallest absolute Gasteiger partial charge is 0.269 e. The van der Waals surface area contributed by atoms with Crippen molar-refractivity contribution in [2.75, 3.05) is 20.8 Å². The second-order valence-corrected chi connectivity index (χ2v) is 5.84. The molecule has 0 aromatic heterocycles. The highest BCUT2D eigenvalue weighted by molar-refractivity contribution is 7.80. The lowest BCUT2D eigenvalue weighted by Gasteiger charge is -2.13. The number of thiocarbonyl (C=S) groups is 1. The van der Waals surface area contributed by atoms with E-state index in [1.165, 1.54) is 0 Å². The summed E-state index contributed by atoms with van der Waals surface area (Å²) >= 11 is 5.05. The quantitative estimate of drug-likeness (QED) is 0.515. The summed E-state index contributed by atoms with van der Waals surface area (Å²) in [6.07, 6.45) is 0.644. The van der Waals surface area contributed by atoms with E-state index in [0.29, 0.717) is 30.5 Å². The number of nitrogens with one attached hydrogen (secondary N) is 3. The summed E-state index contributed by atoms with van der Waals surface area (Å²) in [6.45, 7) is 0.492. The minimum atomic E-state index is -0.837. The van der Waals surface area contributed by atoms with Crippen molar-refractivity contribution in [1.82, 2.24) is 16.2 Å². The molecule has 0 spiro atoms. The summed E-state index contributed by atoms with van der Waals surface area (Å²) in [5.41, 5.74) is 5.59. The molecule has 0 aliphatic heterocycles. The molecule has 0 fully saturated rings. The van der Waals surface area contributed by atoms with E-state index in [1.54, 1.807) is 14.2 Å². The van der Waals surface area contributed by atoms with Crippen LogP contribution in [0.2, 0.25) is 0 Å². The maximum absolute atomic E-state index is 13.1. The summed E-state index contributed by atoms with van der Waals surface area (Å²) in [5.74, 6) is -1.11. The zero-order valence-electron chi connectivity index (χ0n) is 14.8. The Hall–Kier alpha value is -2.94. The number of hydrazine groups is 1. The maximum atomic E-state index is 13.1. The van der Waals surface area contributed by atoms with Gasteiger partial charge < -0.3 is 14.8 Å². The van der Waals surface area contributed by atoms with Gasteiger partial charge in [-0.3, -0.25) is 15.6 Å². The fraction of sp³-hybridized carbons (Fsp3) is 0.222. The Morgan fingerprint density at radius 1 is 1.00 bits per heavy atom. The average molecular weight is 395 g/mol. The summed E-state index contributed by atoms with van der Waals surface area (Å²) < 4.78 is 36.7. The number of benzene rings is 2. The zero-order chi connectivity index (χ0) is 19.8. The molecule has 0 heterocycles. The highest BCUT2D eigenvalue weighted by atomic mass is 32.1. The van der Waals surface area contributed by atoms with Gasteiger partial charge in [0.25, 0.3) is 5.91 Å². The van der Waals surface area contributed by atoms with Crippen LogP contribution < -0.4 is 25.6 Å². The third-order valence-corrected chi connectivity index (χ3v) is 3.81. The van der Waals surface area contributed by atoms with Crippen molar-refractivity contribution in [3.05, 3.63) is 59.2 Å². The van der Waals surface area contributed by atoms with E-state index in [0.717, 1.165) is 17.7 Å². The molecule has 0 aliphatic carbocycles. The number of halogens is 2. The summed E-state index contributed by atoms with van der Waals surface area (Å²) in [5, 5.41) is 3.08. The van der Waals surface area contributed by atoms with Crippen molar-refractivity contribution in [2.24, 2.45) is 0 Å². The molecular formula is C18H19F2N3O3S. The van der Waals surface area contributed by atoms with Crippen LogP contribution in [0, 0.1) is 11.6 Å². The largest absolute Gasteiger partial charge is 0.493 e. The van der Waals surface area contributed by atoms with Crippen LogP contribution in [-0.4, -0.2) is 31.8 Å². The van der Waals surface area contributed by atoms with E-state index in [-0.39, 0.29) is 10.7 Å². The fourth-order valence-corrected chi connectivity index (χ4v) is 2.42. The number of amides is 1. The second kappa shape index (κ2) is 9.67. The zero-order valence-corrected chi connectivity index (χ0v) is 15.6. The monoisotopic (exact) mass is 395 g/mol. The lowest BCUT2D eigenvalue weighted by molar-refractivity contribution is 0.0942. The number of hydrogen-bond acceptors (Lipinski definition) is 4. The number of rotatable bonds is 6. The minimum Gasteiger partial charge on any atom is -0.493 e. The van der Waals surface area contributed by atoms with Gasteiger partial charge in [0.15, 0.2) is 16.6 Å². The lowest BCUT2D eigenvalue weighted by atomic mass is 10.1. The molecule has 0 radical (unpaired) electrons. The van der Waals surface area contributed by atoms with Gasteiger partial charge in [0, 0.05) is 18.2 Å². The Morgan fingerprint density at radius 2 is 1.67 bits per heavy atom. The van der Waals surface area contributed by atoms with Gasteiger partial charge in [0.05, 0.1) is 14.2 Å². The molecule has 0 bridgehead atoms. The van der Waals surface area contributed by atoms with Crippen LogP contribution in [0.1, 0.15) is 15.9 Å². The molecule has 0 unspecified atom stereocenters. The number of hydrogen-bond donors (Lipinski definition) is 3.